The summed E-state index contributed by atoms with van der Waals surface area (Å²) in [4.78, 5) is 36.1. The number of likely N-dealkylation sites (tertiary alicyclic amines) is 1. The van der Waals surface area contributed by atoms with E-state index in [1.54, 1.807) is 4.90 Å². The standard InChI is InChI=1S/C17H18N4O4/c18-9-13(10-21-6-4-11(5-7-21)15(19)22)16(23)20-14-3-1-2-12(8-14)17(24)25/h1-3,8,10-11H,4-7H2,(H2,19,22)(H,20,23)(H,24,25)/b13-10-. The zero-order chi connectivity index (χ0) is 18.4. The van der Waals surface area contributed by atoms with Gasteiger partial charge in [-0.1, -0.05) is 6.07 Å². The highest BCUT2D eigenvalue weighted by Gasteiger charge is 2.22. The Labute approximate surface area is 144 Å². The highest BCUT2D eigenvalue weighted by molar-refractivity contribution is 6.06. The van der Waals surface area contributed by atoms with Gasteiger partial charge < -0.3 is 21.1 Å². The molecule has 0 saturated carbocycles. The summed E-state index contributed by atoms with van der Waals surface area (Å²) in [6.45, 7) is 1.06. The number of carbonyl (C=O) groups is 3. The Morgan fingerprint density at radius 3 is 2.56 bits per heavy atom. The molecule has 0 aliphatic carbocycles. The third-order valence-electron chi connectivity index (χ3n) is 3.98. The Bertz CT molecular complexity index is 758. The highest BCUT2D eigenvalue weighted by Crippen LogP contribution is 2.18. The fourth-order valence-electron chi connectivity index (χ4n) is 2.56. The number of hydrogen-bond donors (Lipinski definition) is 3. The number of piperidine rings is 1. The van der Waals surface area contributed by atoms with E-state index in [1.165, 1.54) is 30.5 Å². The molecule has 1 aliphatic rings. The zero-order valence-corrected chi connectivity index (χ0v) is 13.4. The molecule has 1 aromatic rings. The number of amides is 2. The van der Waals surface area contributed by atoms with Crippen LogP contribution in [0.25, 0.3) is 0 Å². The van der Waals surface area contributed by atoms with Crippen LogP contribution >= 0.6 is 0 Å². The Hall–Kier alpha value is -3.34. The molecule has 0 bridgehead atoms. The minimum Gasteiger partial charge on any atom is -0.478 e. The van der Waals surface area contributed by atoms with Crippen LogP contribution in [0.15, 0.2) is 36.0 Å². The van der Waals surface area contributed by atoms with Gasteiger partial charge >= 0.3 is 5.97 Å². The number of rotatable bonds is 5. The monoisotopic (exact) mass is 342 g/mol. The predicted molar refractivity (Wildman–Crippen MR) is 89.2 cm³/mol. The number of carboxylic acid groups (broad SMARTS) is 1. The molecule has 25 heavy (non-hydrogen) atoms. The number of aromatic carboxylic acids is 1. The van der Waals surface area contributed by atoms with E-state index in [4.69, 9.17) is 10.8 Å². The van der Waals surface area contributed by atoms with E-state index in [9.17, 15) is 19.6 Å². The number of nitrogens with two attached hydrogens (primary N) is 1. The van der Waals surface area contributed by atoms with Crippen molar-refractivity contribution >= 4 is 23.5 Å². The summed E-state index contributed by atoms with van der Waals surface area (Å²) in [5.74, 6) is -2.24. The fourth-order valence-corrected chi connectivity index (χ4v) is 2.56. The summed E-state index contributed by atoms with van der Waals surface area (Å²) >= 11 is 0. The molecule has 4 N–H and O–H groups in total. The van der Waals surface area contributed by atoms with E-state index < -0.39 is 11.9 Å². The van der Waals surface area contributed by atoms with Gasteiger partial charge in [-0.15, -0.1) is 0 Å². The van der Waals surface area contributed by atoms with Crippen LogP contribution in [-0.4, -0.2) is 40.9 Å². The normalized spacial score (nSPS) is 15.3. The smallest absolute Gasteiger partial charge is 0.335 e. The van der Waals surface area contributed by atoms with Crippen molar-refractivity contribution in [2.24, 2.45) is 11.7 Å². The number of hydrogen-bond acceptors (Lipinski definition) is 5. The number of benzene rings is 1. The summed E-state index contributed by atoms with van der Waals surface area (Å²) in [7, 11) is 0. The van der Waals surface area contributed by atoms with Crippen molar-refractivity contribution in [3.63, 3.8) is 0 Å². The van der Waals surface area contributed by atoms with Crippen LogP contribution in [0.4, 0.5) is 5.69 Å². The lowest BCUT2D eigenvalue weighted by atomic mass is 9.96. The third-order valence-corrected chi connectivity index (χ3v) is 3.98. The van der Waals surface area contributed by atoms with Crippen LogP contribution in [0, 0.1) is 17.2 Å². The lowest BCUT2D eigenvalue weighted by Crippen LogP contribution is -2.36. The molecule has 1 heterocycles. The minimum atomic E-state index is -1.11. The summed E-state index contributed by atoms with van der Waals surface area (Å²) in [5, 5.41) is 20.7. The molecule has 8 nitrogen and oxygen atoms in total. The van der Waals surface area contributed by atoms with E-state index in [0.29, 0.717) is 31.6 Å². The first kappa shape index (κ1) is 18.0. The van der Waals surface area contributed by atoms with Crippen LogP contribution in [-0.2, 0) is 9.59 Å². The second-order valence-electron chi connectivity index (χ2n) is 5.71. The summed E-state index contributed by atoms with van der Waals surface area (Å²) in [5.41, 5.74) is 5.50. The van der Waals surface area contributed by atoms with Crippen LogP contribution in [0.1, 0.15) is 23.2 Å². The van der Waals surface area contributed by atoms with Crippen molar-refractivity contribution in [1.29, 1.82) is 5.26 Å². The first-order valence-electron chi connectivity index (χ1n) is 7.70. The molecule has 0 aromatic heterocycles. The van der Waals surface area contributed by atoms with Gasteiger partial charge in [0.1, 0.15) is 11.6 Å². The molecule has 1 aromatic carbocycles. The molecule has 2 rings (SSSR count). The Balaban J connectivity index is 2.04. The molecule has 0 spiro atoms. The van der Waals surface area contributed by atoms with Crippen molar-refractivity contribution in [1.82, 2.24) is 4.90 Å². The lowest BCUT2D eigenvalue weighted by Gasteiger charge is -2.29. The number of primary amides is 1. The molecule has 1 saturated heterocycles. The number of carbonyl (C=O) groups excluding carboxylic acids is 2. The number of nitrogens with zero attached hydrogens (tertiary/aromatic N) is 2. The predicted octanol–water partition coefficient (Wildman–Crippen LogP) is 0.928. The molecule has 1 fully saturated rings. The maximum Gasteiger partial charge on any atom is 0.335 e. The average molecular weight is 342 g/mol. The van der Waals surface area contributed by atoms with Gasteiger partial charge in [0, 0.05) is 30.9 Å². The minimum absolute atomic E-state index is 0.0359. The molecule has 0 unspecified atom stereocenters. The quantitative estimate of drug-likeness (QED) is 0.538. The van der Waals surface area contributed by atoms with E-state index in [2.05, 4.69) is 5.32 Å². The first-order valence-corrected chi connectivity index (χ1v) is 7.70. The van der Waals surface area contributed by atoms with Gasteiger partial charge in [-0.2, -0.15) is 5.26 Å². The second kappa shape index (κ2) is 7.97. The fraction of sp³-hybridized carbons (Fsp3) is 0.294. The van der Waals surface area contributed by atoms with E-state index >= 15 is 0 Å². The van der Waals surface area contributed by atoms with Gasteiger partial charge in [-0.25, -0.2) is 4.79 Å². The maximum atomic E-state index is 12.2. The van der Waals surface area contributed by atoms with E-state index in [0.717, 1.165) is 0 Å². The third kappa shape index (κ3) is 4.81. The Kier molecular flexibility index (Phi) is 5.74. The molecule has 0 atom stereocenters. The molecule has 2 amide bonds. The van der Waals surface area contributed by atoms with Crippen LogP contribution in [0.3, 0.4) is 0 Å². The van der Waals surface area contributed by atoms with Crippen LogP contribution < -0.4 is 11.1 Å². The van der Waals surface area contributed by atoms with Crippen molar-refractivity contribution in [2.75, 3.05) is 18.4 Å². The number of nitrogens with one attached hydrogen (secondary N) is 1. The maximum absolute atomic E-state index is 12.2. The van der Waals surface area contributed by atoms with E-state index in [1.807, 2.05) is 6.07 Å². The van der Waals surface area contributed by atoms with Crippen LogP contribution in [0.5, 0.6) is 0 Å². The van der Waals surface area contributed by atoms with E-state index in [-0.39, 0.29) is 23.0 Å². The van der Waals surface area contributed by atoms with Crippen molar-refractivity contribution < 1.29 is 19.5 Å². The Morgan fingerprint density at radius 2 is 2.00 bits per heavy atom. The summed E-state index contributed by atoms with van der Waals surface area (Å²) in [6, 6.07) is 7.60. The van der Waals surface area contributed by atoms with Crippen molar-refractivity contribution in [3.8, 4) is 6.07 Å². The topological polar surface area (TPSA) is 137 Å². The number of nitriles is 1. The average Bonchev–Trinajstić information content (AvgIpc) is 2.60. The van der Waals surface area contributed by atoms with Gasteiger partial charge in [0.05, 0.1) is 5.56 Å². The van der Waals surface area contributed by atoms with Gasteiger partial charge in [0.2, 0.25) is 5.91 Å². The van der Waals surface area contributed by atoms with Gasteiger partial charge in [-0.3, -0.25) is 9.59 Å². The van der Waals surface area contributed by atoms with Crippen molar-refractivity contribution in [3.05, 3.63) is 41.6 Å². The number of carboxylic acids is 1. The van der Waals surface area contributed by atoms with Gasteiger partial charge in [-0.05, 0) is 31.0 Å². The Morgan fingerprint density at radius 1 is 1.32 bits per heavy atom. The summed E-state index contributed by atoms with van der Waals surface area (Å²) < 4.78 is 0. The second-order valence-corrected chi connectivity index (χ2v) is 5.71. The first-order chi connectivity index (χ1) is 11.9. The highest BCUT2D eigenvalue weighted by atomic mass is 16.4. The van der Waals surface area contributed by atoms with Crippen LogP contribution in [0.2, 0.25) is 0 Å². The van der Waals surface area contributed by atoms with Gasteiger partial charge in [0.15, 0.2) is 0 Å². The molecular weight excluding hydrogens is 324 g/mol. The van der Waals surface area contributed by atoms with Crippen molar-refractivity contribution in [2.45, 2.75) is 12.8 Å². The number of anilines is 1. The molecule has 0 radical (unpaired) electrons. The largest absolute Gasteiger partial charge is 0.478 e. The molecule has 130 valence electrons. The molecule has 8 heteroatoms. The van der Waals surface area contributed by atoms with Gasteiger partial charge in [0.25, 0.3) is 5.91 Å². The molecular formula is C17H18N4O4. The zero-order valence-electron chi connectivity index (χ0n) is 13.4. The lowest BCUT2D eigenvalue weighted by molar-refractivity contribution is -0.123. The SMILES string of the molecule is N#C/C(=C/N1CCC(C(N)=O)CC1)C(=O)Nc1cccc(C(=O)O)c1. The molecule has 1 aliphatic heterocycles. The summed E-state index contributed by atoms with van der Waals surface area (Å²) in [6.07, 6.45) is 2.60.